The molecule has 1 atom stereocenters. The number of halogens is 2. The molecule has 0 aliphatic carbocycles. The molecule has 1 rings (SSSR count). The zero-order chi connectivity index (χ0) is 8.97. The second kappa shape index (κ2) is 4.72. The van der Waals surface area contributed by atoms with Crippen LogP contribution in [0.2, 0.25) is 0 Å². The van der Waals surface area contributed by atoms with E-state index in [1.807, 2.05) is 0 Å². The van der Waals surface area contributed by atoms with Crippen molar-refractivity contribution in [2.45, 2.75) is 5.92 Å². The van der Waals surface area contributed by atoms with E-state index in [2.05, 4.69) is 54.6 Å². The summed E-state index contributed by atoms with van der Waals surface area (Å²) in [6.07, 6.45) is 3.17. The van der Waals surface area contributed by atoms with Gasteiger partial charge in [-0.05, 0) is 22.6 Å². The van der Waals surface area contributed by atoms with Gasteiger partial charge in [-0.3, -0.25) is 0 Å². The highest BCUT2D eigenvalue weighted by molar-refractivity contribution is 14.1. The van der Waals surface area contributed by atoms with E-state index in [-0.39, 0.29) is 5.92 Å². The Hall–Kier alpha value is -0.220. The van der Waals surface area contributed by atoms with Crippen molar-refractivity contribution >= 4 is 38.5 Å². The van der Waals surface area contributed by atoms with E-state index >= 15 is 0 Å². The van der Waals surface area contributed by atoms with Crippen molar-refractivity contribution in [3.63, 3.8) is 0 Å². The average Bonchev–Trinajstić information content (AvgIpc) is 2.10. The van der Waals surface area contributed by atoms with Gasteiger partial charge in [0.25, 0.3) is 0 Å². The lowest BCUT2D eigenvalue weighted by Crippen LogP contribution is -2.03. The molecule has 0 saturated heterocycles. The fourth-order valence-electron chi connectivity index (χ4n) is 0.747. The first-order valence-corrected chi connectivity index (χ1v) is 5.40. The van der Waals surface area contributed by atoms with E-state index in [9.17, 15) is 0 Å². The third-order valence-corrected chi connectivity index (χ3v) is 2.81. The number of nitrogens with zero attached hydrogens (tertiary/aromatic N) is 3. The normalized spacial score (nSPS) is 12.1. The van der Waals surface area contributed by atoms with Gasteiger partial charge in [0.15, 0.2) is 0 Å². The molecule has 5 heteroatoms. The molecule has 1 aromatic rings. The molecule has 0 saturated carbocycles. The lowest BCUT2D eigenvalue weighted by atomic mass is 10.1. The molecule has 1 aromatic heterocycles. The second-order valence-corrected chi connectivity index (χ2v) is 3.90. The summed E-state index contributed by atoms with van der Waals surface area (Å²) in [7, 11) is 0. The van der Waals surface area contributed by atoms with Crippen molar-refractivity contribution in [2.75, 3.05) is 5.33 Å². The molecule has 0 spiro atoms. The number of hydrogen-bond acceptors (Lipinski definition) is 3. The zero-order valence-electron chi connectivity index (χ0n) is 6.04. The SMILES string of the molecule is N#CC(CBr)c1ncncc1I. The van der Waals surface area contributed by atoms with Crippen LogP contribution in [0.15, 0.2) is 12.5 Å². The molecule has 0 radical (unpaired) electrons. The molecule has 1 heterocycles. The number of aromatic nitrogens is 2. The molecule has 62 valence electrons. The molecule has 0 aromatic carbocycles. The summed E-state index contributed by atoms with van der Waals surface area (Å²) in [5.41, 5.74) is 0.796. The predicted octanol–water partition coefficient (Wildman–Crippen LogP) is 2.08. The monoisotopic (exact) mass is 337 g/mol. The van der Waals surface area contributed by atoms with E-state index in [1.54, 1.807) is 6.20 Å². The van der Waals surface area contributed by atoms with Crippen LogP contribution in [0.1, 0.15) is 11.6 Å². The lowest BCUT2D eigenvalue weighted by molar-refractivity contribution is 0.907. The Morgan fingerprint density at radius 2 is 2.50 bits per heavy atom. The zero-order valence-corrected chi connectivity index (χ0v) is 9.78. The van der Waals surface area contributed by atoms with Gasteiger partial charge in [0.1, 0.15) is 6.33 Å². The van der Waals surface area contributed by atoms with Gasteiger partial charge >= 0.3 is 0 Å². The highest BCUT2D eigenvalue weighted by Gasteiger charge is 2.13. The van der Waals surface area contributed by atoms with E-state index in [1.165, 1.54) is 6.33 Å². The van der Waals surface area contributed by atoms with Gasteiger partial charge in [0, 0.05) is 11.5 Å². The van der Waals surface area contributed by atoms with Crippen LogP contribution in [0.25, 0.3) is 0 Å². The molecular formula is C7H5BrIN3. The maximum Gasteiger partial charge on any atom is 0.115 e. The first-order valence-electron chi connectivity index (χ1n) is 3.20. The van der Waals surface area contributed by atoms with Crippen LogP contribution in [0.4, 0.5) is 0 Å². The molecular weight excluding hydrogens is 333 g/mol. The highest BCUT2D eigenvalue weighted by atomic mass is 127. The number of nitriles is 1. The average molecular weight is 338 g/mol. The summed E-state index contributed by atoms with van der Waals surface area (Å²) in [6, 6.07) is 2.17. The van der Waals surface area contributed by atoms with Gasteiger partial charge in [-0.15, -0.1) is 0 Å². The first-order chi connectivity index (χ1) is 5.79. The van der Waals surface area contributed by atoms with Crippen molar-refractivity contribution < 1.29 is 0 Å². The van der Waals surface area contributed by atoms with Gasteiger partial charge in [-0.2, -0.15) is 5.26 Å². The quantitative estimate of drug-likeness (QED) is 0.613. The van der Waals surface area contributed by atoms with E-state index in [0.29, 0.717) is 5.33 Å². The van der Waals surface area contributed by atoms with Crippen molar-refractivity contribution in [1.29, 1.82) is 5.26 Å². The van der Waals surface area contributed by atoms with Gasteiger partial charge in [-0.25, -0.2) is 9.97 Å². The van der Waals surface area contributed by atoms with Crippen molar-refractivity contribution in [3.8, 4) is 6.07 Å². The van der Waals surface area contributed by atoms with E-state index in [4.69, 9.17) is 5.26 Å². The standard InChI is InChI=1S/C7H5BrIN3/c8-1-5(2-10)7-6(9)3-11-4-12-7/h3-5H,1H2. The third-order valence-electron chi connectivity index (χ3n) is 1.34. The summed E-state index contributed by atoms with van der Waals surface area (Å²) in [5, 5.41) is 9.37. The number of rotatable bonds is 2. The maximum atomic E-state index is 8.76. The number of alkyl halides is 1. The van der Waals surface area contributed by atoms with Crippen LogP contribution in [0.5, 0.6) is 0 Å². The molecule has 12 heavy (non-hydrogen) atoms. The van der Waals surface area contributed by atoms with Crippen molar-refractivity contribution in [2.24, 2.45) is 0 Å². The first kappa shape index (κ1) is 9.86. The Balaban J connectivity index is 3.02. The van der Waals surface area contributed by atoms with Crippen LogP contribution >= 0.6 is 38.5 Å². The molecule has 0 aliphatic rings. The Morgan fingerprint density at radius 3 is 3.00 bits per heavy atom. The minimum atomic E-state index is -0.181. The van der Waals surface area contributed by atoms with Crippen molar-refractivity contribution in [3.05, 3.63) is 21.8 Å². The van der Waals surface area contributed by atoms with Gasteiger partial charge in [-0.1, -0.05) is 15.9 Å². The van der Waals surface area contributed by atoms with Crippen LogP contribution in [-0.4, -0.2) is 15.3 Å². The third kappa shape index (κ3) is 2.14. The van der Waals surface area contributed by atoms with Crippen LogP contribution in [0.3, 0.4) is 0 Å². The van der Waals surface area contributed by atoms with Gasteiger partial charge in [0.2, 0.25) is 0 Å². The predicted molar refractivity (Wildman–Crippen MR) is 56.9 cm³/mol. The molecule has 1 unspecified atom stereocenters. The molecule has 0 aliphatic heterocycles. The van der Waals surface area contributed by atoms with Gasteiger partial charge in [0.05, 0.1) is 21.3 Å². The Bertz CT molecular complexity index is 310. The summed E-state index contributed by atoms with van der Waals surface area (Å²) < 4.78 is 0.932. The van der Waals surface area contributed by atoms with Crippen LogP contribution < -0.4 is 0 Å². The largest absolute Gasteiger partial charge is 0.244 e. The molecule has 3 nitrogen and oxygen atoms in total. The van der Waals surface area contributed by atoms with E-state index in [0.717, 1.165) is 9.26 Å². The van der Waals surface area contributed by atoms with Crippen molar-refractivity contribution in [1.82, 2.24) is 9.97 Å². The number of hydrogen-bond donors (Lipinski definition) is 0. The minimum absolute atomic E-state index is 0.181. The Morgan fingerprint density at radius 1 is 1.75 bits per heavy atom. The Labute approximate surface area is 92.5 Å². The Kier molecular flexibility index (Phi) is 3.88. The lowest BCUT2D eigenvalue weighted by Gasteiger charge is -2.04. The fourth-order valence-corrected chi connectivity index (χ4v) is 1.87. The summed E-state index contributed by atoms with van der Waals surface area (Å²) in [5.74, 6) is -0.181. The molecule has 0 amide bonds. The van der Waals surface area contributed by atoms with E-state index < -0.39 is 0 Å². The summed E-state index contributed by atoms with van der Waals surface area (Å²) in [6.45, 7) is 0. The second-order valence-electron chi connectivity index (χ2n) is 2.09. The fraction of sp³-hybridized carbons (Fsp3) is 0.286. The summed E-state index contributed by atoms with van der Waals surface area (Å²) >= 11 is 5.39. The topological polar surface area (TPSA) is 49.6 Å². The molecule has 0 N–H and O–H groups in total. The molecule has 0 bridgehead atoms. The maximum absolute atomic E-state index is 8.76. The highest BCUT2D eigenvalue weighted by Crippen LogP contribution is 2.19. The smallest absolute Gasteiger partial charge is 0.115 e. The van der Waals surface area contributed by atoms with Crippen LogP contribution in [0, 0.1) is 14.9 Å². The minimum Gasteiger partial charge on any atom is -0.244 e. The molecule has 0 fully saturated rings. The summed E-state index contributed by atoms with van der Waals surface area (Å²) in [4.78, 5) is 7.90. The van der Waals surface area contributed by atoms with Crippen LogP contribution in [-0.2, 0) is 0 Å². The van der Waals surface area contributed by atoms with Gasteiger partial charge < -0.3 is 0 Å².